The molecule has 0 radical (unpaired) electrons. The fourth-order valence-corrected chi connectivity index (χ4v) is 1.57. The molecule has 4 heteroatoms. The van der Waals surface area contributed by atoms with Crippen LogP contribution in [0.4, 0.5) is 0 Å². The molecule has 0 atom stereocenters. The lowest BCUT2D eigenvalue weighted by Crippen LogP contribution is -2.34. The second kappa shape index (κ2) is 6.13. The number of likely N-dealkylation sites (N-methyl/N-ethyl adjacent to an activating group) is 1. The Labute approximate surface area is 102 Å². The van der Waals surface area contributed by atoms with Gasteiger partial charge in [-0.15, -0.1) is 0 Å². The number of carbonyl (C=O) groups is 1. The van der Waals surface area contributed by atoms with E-state index < -0.39 is 0 Å². The van der Waals surface area contributed by atoms with Gasteiger partial charge in [0.05, 0.1) is 0 Å². The van der Waals surface area contributed by atoms with Gasteiger partial charge in [0, 0.05) is 18.7 Å². The third kappa shape index (κ3) is 3.37. The molecule has 0 saturated carbocycles. The van der Waals surface area contributed by atoms with Crippen LogP contribution in [0.3, 0.4) is 0 Å². The van der Waals surface area contributed by atoms with Gasteiger partial charge in [0.2, 0.25) is 0 Å². The highest BCUT2D eigenvalue weighted by molar-refractivity contribution is 5.77. The molecule has 0 aliphatic heterocycles. The Kier molecular flexibility index (Phi) is 4.82. The van der Waals surface area contributed by atoms with Gasteiger partial charge in [-0.3, -0.25) is 4.79 Å². The average molecular weight is 237 g/mol. The second-order valence-corrected chi connectivity index (χ2v) is 3.75. The van der Waals surface area contributed by atoms with Crippen LogP contribution in [-0.4, -0.2) is 35.6 Å². The molecule has 0 aliphatic rings. The fourth-order valence-electron chi connectivity index (χ4n) is 1.57. The third-order valence-electron chi connectivity index (χ3n) is 2.72. The van der Waals surface area contributed by atoms with Gasteiger partial charge in [0.15, 0.2) is 6.61 Å². The highest BCUT2D eigenvalue weighted by Crippen LogP contribution is 2.25. The summed E-state index contributed by atoms with van der Waals surface area (Å²) in [5.41, 5.74) is 0.653. The molecule has 94 valence electrons. The van der Waals surface area contributed by atoms with Gasteiger partial charge in [0.25, 0.3) is 5.91 Å². The molecule has 1 rings (SSSR count). The van der Waals surface area contributed by atoms with E-state index in [1.807, 2.05) is 13.8 Å². The summed E-state index contributed by atoms with van der Waals surface area (Å²) in [6.07, 6.45) is 0. The van der Waals surface area contributed by atoms with Crippen LogP contribution in [0.15, 0.2) is 18.2 Å². The highest BCUT2D eigenvalue weighted by Gasteiger charge is 2.11. The summed E-state index contributed by atoms with van der Waals surface area (Å²) in [6, 6.07) is 5.03. The van der Waals surface area contributed by atoms with Crippen molar-refractivity contribution in [1.82, 2.24) is 4.90 Å². The first-order chi connectivity index (χ1) is 8.10. The van der Waals surface area contributed by atoms with E-state index in [1.165, 1.54) is 0 Å². The van der Waals surface area contributed by atoms with E-state index in [4.69, 9.17) is 4.74 Å². The lowest BCUT2D eigenvalue weighted by atomic mass is 10.2. The van der Waals surface area contributed by atoms with Gasteiger partial charge in [-0.1, -0.05) is 6.07 Å². The van der Waals surface area contributed by atoms with Crippen molar-refractivity contribution >= 4 is 5.91 Å². The van der Waals surface area contributed by atoms with Crippen molar-refractivity contribution in [3.05, 3.63) is 23.8 Å². The van der Waals surface area contributed by atoms with Crippen LogP contribution in [0.5, 0.6) is 11.5 Å². The first kappa shape index (κ1) is 13.4. The molecule has 0 unspecified atom stereocenters. The van der Waals surface area contributed by atoms with Gasteiger partial charge in [0.1, 0.15) is 11.5 Å². The Hall–Kier alpha value is -1.71. The summed E-state index contributed by atoms with van der Waals surface area (Å²) >= 11 is 0. The molecule has 17 heavy (non-hydrogen) atoms. The van der Waals surface area contributed by atoms with Gasteiger partial charge < -0.3 is 14.7 Å². The number of carbonyl (C=O) groups excluding carboxylic acids is 1. The number of phenols is 1. The molecule has 0 bridgehead atoms. The summed E-state index contributed by atoms with van der Waals surface area (Å²) in [4.78, 5) is 13.4. The zero-order valence-corrected chi connectivity index (χ0v) is 10.6. The minimum absolute atomic E-state index is 0.00593. The third-order valence-corrected chi connectivity index (χ3v) is 2.72. The van der Waals surface area contributed by atoms with Gasteiger partial charge >= 0.3 is 0 Å². The quantitative estimate of drug-likeness (QED) is 0.851. The van der Waals surface area contributed by atoms with E-state index in [0.717, 1.165) is 0 Å². The second-order valence-electron chi connectivity index (χ2n) is 3.75. The SMILES string of the molecule is CCN(CC)C(=O)COc1cccc(O)c1C. The van der Waals surface area contributed by atoms with Gasteiger partial charge in [-0.25, -0.2) is 0 Å². The number of rotatable bonds is 5. The van der Waals surface area contributed by atoms with Crippen LogP contribution in [0.2, 0.25) is 0 Å². The fraction of sp³-hybridized carbons (Fsp3) is 0.462. The normalized spacial score (nSPS) is 10.1. The largest absolute Gasteiger partial charge is 0.508 e. The maximum absolute atomic E-state index is 11.7. The Morgan fingerprint density at radius 1 is 1.35 bits per heavy atom. The number of hydrogen-bond donors (Lipinski definition) is 1. The number of ether oxygens (including phenoxy) is 1. The molecule has 0 fully saturated rings. The monoisotopic (exact) mass is 237 g/mol. The topological polar surface area (TPSA) is 49.8 Å². The Morgan fingerprint density at radius 3 is 2.59 bits per heavy atom. The van der Waals surface area contributed by atoms with Crippen molar-refractivity contribution < 1.29 is 14.6 Å². The summed E-state index contributed by atoms with van der Waals surface area (Å²) in [5, 5.41) is 9.49. The summed E-state index contributed by atoms with van der Waals surface area (Å²) in [5.74, 6) is 0.682. The van der Waals surface area contributed by atoms with Gasteiger partial charge in [-0.2, -0.15) is 0 Å². The van der Waals surface area contributed by atoms with Crippen LogP contribution >= 0.6 is 0 Å². The molecular formula is C13H19NO3. The average Bonchev–Trinajstić information content (AvgIpc) is 2.32. The van der Waals surface area contributed by atoms with Crippen molar-refractivity contribution in [2.24, 2.45) is 0 Å². The van der Waals surface area contributed by atoms with Crippen LogP contribution < -0.4 is 4.74 Å². The molecule has 1 aromatic carbocycles. The molecule has 0 saturated heterocycles. The molecule has 4 nitrogen and oxygen atoms in total. The predicted octanol–water partition coefficient (Wildman–Crippen LogP) is 1.95. The van der Waals surface area contributed by atoms with Crippen LogP contribution in [0, 0.1) is 6.92 Å². The zero-order valence-electron chi connectivity index (χ0n) is 10.6. The maximum Gasteiger partial charge on any atom is 0.260 e. The van der Waals surface area contributed by atoms with Crippen LogP contribution in [-0.2, 0) is 4.79 Å². The van der Waals surface area contributed by atoms with Crippen molar-refractivity contribution in [2.75, 3.05) is 19.7 Å². The van der Waals surface area contributed by atoms with E-state index >= 15 is 0 Å². The lowest BCUT2D eigenvalue weighted by Gasteiger charge is -2.19. The van der Waals surface area contributed by atoms with Crippen LogP contribution in [0.25, 0.3) is 0 Å². The predicted molar refractivity (Wildman–Crippen MR) is 66.3 cm³/mol. The van der Waals surface area contributed by atoms with Crippen LogP contribution in [0.1, 0.15) is 19.4 Å². The maximum atomic E-state index is 11.7. The zero-order chi connectivity index (χ0) is 12.8. The molecule has 0 heterocycles. The molecule has 0 aliphatic carbocycles. The number of hydrogen-bond acceptors (Lipinski definition) is 3. The summed E-state index contributed by atoms with van der Waals surface area (Å²) in [6.45, 7) is 6.98. The molecule has 1 aromatic rings. The highest BCUT2D eigenvalue weighted by atomic mass is 16.5. The first-order valence-electron chi connectivity index (χ1n) is 5.79. The minimum Gasteiger partial charge on any atom is -0.508 e. The van der Waals surface area contributed by atoms with E-state index in [2.05, 4.69) is 0 Å². The van der Waals surface area contributed by atoms with E-state index in [9.17, 15) is 9.90 Å². The number of aromatic hydroxyl groups is 1. The van der Waals surface area contributed by atoms with E-state index in [-0.39, 0.29) is 18.3 Å². The standard InChI is InChI=1S/C13H19NO3/c1-4-14(5-2)13(16)9-17-12-8-6-7-11(15)10(12)3/h6-8,15H,4-5,9H2,1-3H3. The first-order valence-corrected chi connectivity index (χ1v) is 5.79. The Balaban J connectivity index is 2.61. The molecule has 0 aromatic heterocycles. The number of nitrogens with zero attached hydrogens (tertiary/aromatic N) is 1. The lowest BCUT2D eigenvalue weighted by molar-refractivity contribution is -0.132. The van der Waals surface area contributed by atoms with Crippen molar-refractivity contribution in [3.8, 4) is 11.5 Å². The number of benzene rings is 1. The molecule has 1 N–H and O–H groups in total. The smallest absolute Gasteiger partial charge is 0.260 e. The molecule has 1 amide bonds. The molecular weight excluding hydrogens is 218 g/mol. The Bertz CT molecular complexity index is 386. The number of amides is 1. The van der Waals surface area contributed by atoms with E-state index in [1.54, 1.807) is 30.0 Å². The van der Waals surface area contributed by atoms with Crippen molar-refractivity contribution in [3.63, 3.8) is 0 Å². The Morgan fingerprint density at radius 2 is 2.00 bits per heavy atom. The van der Waals surface area contributed by atoms with E-state index in [0.29, 0.717) is 24.4 Å². The van der Waals surface area contributed by atoms with Gasteiger partial charge in [-0.05, 0) is 32.9 Å². The van der Waals surface area contributed by atoms with Crippen molar-refractivity contribution in [1.29, 1.82) is 0 Å². The summed E-state index contributed by atoms with van der Waals surface area (Å²) < 4.78 is 5.41. The van der Waals surface area contributed by atoms with Crippen molar-refractivity contribution in [2.45, 2.75) is 20.8 Å². The summed E-state index contributed by atoms with van der Waals surface area (Å²) in [7, 11) is 0. The number of phenolic OH excluding ortho intramolecular Hbond substituents is 1. The minimum atomic E-state index is -0.0438. The molecule has 0 spiro atoms.